The van der Waals surface area contributed by atoms with Crippen LogP contribution in [0.4, 0.5) is 0 Å². The highest BCUT2D eigenvalue weighted by molar-refractivity contribution is 5.93. The van der Waals surface area contributed by atoms with Crippen LogP contribution in [0.5, 0.6) is 5.75 Å². The van der Waals surface area contributed by atoms with Crippen LogP contribution in [0.2, 0.25) is 0 Å². The summed E-state index contributed by atoms with van der Waals surface area (Å²) in [6, 6.07) is 7.22. The number of hydrogen-bond donors (Lipinski definition) is 1. The molecule has 1 N–H and O–H groups in total. The van der Waals surface area contributed by atoms with Crippen molar-refractivity contribution in [2.75, 3.05) is 13.1 Å². The van der Waals surface area contributed by atoms with Gasteiger partial charge in [-0.1, -0.05) is 12.1 Å². The lowest BCUT2D eigenvalue weighted by Crippen LogP contribution is -2.51. The molecule has 0 aromatic heterocycles. The zero-order chi connectivity index (χ0) is 11.0. The van der Waals surface area contributed by atoms with Gasteiger partial charge in [0.15, 0.2) is 0 Å². The number of ether oxygens (including phenoxy) is 2. The maximum atomic E-state index is 11.8. The van der Waals surface area contributed by atoms with Crippen LogP contribution in [0.15, 0.2) is 24.3 Å². The first-order valence-electron chi connectivity index (χ1n) is 5.51. The van der Waals surface area contributed by atoms with E-state index in [0.717, 1.165) is 13.1 Å². The molecule has 0 aliphatic carbocycles. The summed E-state index contributed by atoms with van der Waals surface area (Å²) in [4.78, 5) is 11.8. The van der Waals surface area contributed by atoms with Gasteiger partial charge in [-0.3, -0.25) is 0 Å². The molecular formula is C12H13NO3. The molecule has 3 rings (SSSR count). The molecule has 1 fully saturated rings. The van der Waals surface area contributed by atoms with Crippen molar-refractivity contribution in [1.82, 2.24) is 5.32 Å². The first-order chi connectivity index (χ1) is 7.79. The van der Waals surface area contributed by atoms with E-state index in [2.05, 4.69) is 5.32 Å². The number of hydrogen-bond acceptors (Lipinski definition) is 4. The molecule has 2 aliphatic rings. The van der Waals surface area contributed by atoms with Gasteiger partial charge >= 0.3 is 5.97 Å². The van der Waals surface area contributed by atoms with Gasteiger partial charge in [0.1, 0.15) is 11.3 Å². The topological polar surface area (TPSA) is 47.6 Å². The molecule has 0 radical (unpaired) electrons. The Morgan fingerprint density at radius 3 is 2.69 bits per heavy atom. The van der Waals surface area contributed by atoms with E-state index in [1.165, 1.54) is 0 Å². The summed E-state index contributed by atoms with van der Waals surface area (Å²) in [7, 11) is 0. The van der Waals surface area contributed by atoms with Crippen LogP contribution >= 0.6 is 0 Å². The molecule has 2 aliphatic heterocycles. The highest BCUT2D eigenvalue weighted by atomic mass is 16.7. The van der Waals surface area contributed by atoms with Crippen LogP contribution in [0.3, 0.4) is 0 Å². The molecule has 4 nitrogen and oxygen atoms in total. The molecule has 1 aromatic rings. The van der Waals surface area contributed by atoms with Gasteiger partial charge in [0.25, 0.3) is 5.79 Å². The summed E-state index contributed by atoms with van der Waals surface area (Å²) in [6.45, 7) is 1.63. The third-order valence-electron chi connectivity index (χ3n) is 3.05. The molecule has 16 heavy (non-hydrogen) atoms. The lowest BCUT2D eigenvalue weighted by Gasteiger charge is -2.40. The van der Waals surface area contributed by atoms with E-state index < -0.39 is 5.79 Å². The van der Waals surface area contributed by atoms with Gasteiger partial charge in [-0.2, -0.15) is 0 Å². The molecular weight excluding hydrogens is 206 g/mol. The van der Waals surface area contributed by atoms with Crippen molar-refractivity contribution < 1.29 is 14.3 Å². The number of carbonyl (C=O) groups excluding carboxylic acids is 1. The second kappa shape index (κ2) is 3.49. The second-order valence-electron chi connectivity index (χ2n) is 4.15. The van der Waals surface area contributed by atoms with Crippen LogP contribution in [0.1, 0.15) is 23.2 Å². The fraction of sp³-hybridized carbons (Fsp3) is 0.417. The molecule has 1 aromatic carbocycles. The van der Waals surface area contributed by atoms with Crippen molar-refractivity contribution in [3.63, 3.8) is 0 Å². The predicted octanol–water partition coefficient (Wildman–Crippen LogP) is 1.32. The molecule has 0 amide bonds. The van der Waals surface area contributed by atoms with E-state index in [-0.39, 0.29) is 5.97 Å². The van der Waals surface area contributed by atoms with Crippen molar-refractivity contribution in [3.05, 3.63) is 29.8 Å². The largest absolute Gasteiger partial charge is 0.451 e. The van der Waals surface area contributed by atoms with E-state index in [4.69, 9.17) is 9.47 Å². The quantitative estimate of drug-likeness (QED) is 0.668. The van der Waals surface area contributed by atoms with E-state index in [0.29, 0.717) is 24.2 Å². The van der Waals surface area contributed by atoms with Crippen molar-refractivity contribution in [3.8, 4) is 5.75 Å². The molecule has 0 saturated carbocycles. The van der Waals surface area contributed by atoms with E-state index in [1.807, 2.05) is 18.2 Å². The number of para-hydroxylation sites is 1. The summed E-state index contributed by atoms with van der Waals surface area (Å²) < 4.78 is 11.3. The Labute approximate surface area is 93.5 Å². The van der Waals surface area contributed by atoms with E-state index in [9.17, 15) is 4.79 Å². The lowest BCUT2D eigenvalue weighted by molar-refractivity contribution is -0.168. The number of rotatable bonds is 0. The Bertz CT molecular complexity index is 424. The van der Waals surface area contributed by atoms with Crippen LogP contribution in [0, 0.1) is 0 Å². The van der Waals surface area contributed by atoms with E-state index in [1.54, 1.807) is 6.07 Å². The number of carbonyl (C=O) groups is 1. The zero-order valence-corrected chi connectivity index (χ0v) is 8.86. The summed E-state index contributed by atoms with van der Waals surface area (Å²) in [5.41, 5.74) is 0.520. The van der Waals surface area contributed by atoms with Crippen LogP contribution in [-0.2, 0) is 4.74 Å². The summed E-state index contributed by atoms with van der Waals surface area (Å²) in [5, 5.41) is 3.22. The van der Waals surface area contributed by atoms with Gasteiger partial charge in [-0.25, -0.2) is 4.79 Å². The molecule has 0 atom stereocenters. The Hall–Kier alpha value is -1.55. The zero-order valence-electron chi connectivity index (χ0n) is 8.86. The lowest BCUT2D eigenvalue weighted by atomic mass is 10.0. The van der Waals surface area contributed by atoms with E-state index >= 15 is 0 Å². The first-order valence-corrected chi connectivity index (χ1v) is 5.51. The van der Waals surface area contributed by atoms with Gasteiger partial charge in [0.05, 0.1) is 0 Å². The van der Waals surface area contributed by atoms with Crippen molar-refractivity contribution >= 4 is 5.97 Å². The molecule has 84 valence electrons. The van der Waals surface area contributed by atoms with Crippen molar-refractivity contribution in [2.24, 2.45) is 0 Å². The third-order valence-corrected chi connectivity index (χ3v) is 3.05. The van der Waals surface area contributed by atoms with Crippen molar-refractivity contribution in [1.29, 1.82) is 0 Å². The molecule has 1 spiro atoms. The Morgan fingerprint density at radius 1 is 1.12 bits per heavy atom. The Morgan fingerprint density at radius 2 is 1.88 bits per heavy atom. The third kappa shape index (κ3) is 1.46. The monoisotopic (exact) mass is 219 g/mol. The van der Waals surface area contributed by atoms with Crippen LogP contribution < -0.4 is 10.1 Å². The second-order valence-corrected chi connectivity index (χ2v) is 4.15. The number of fused-ring (bicyclic) bond motifs is 1. The minimum absolute atomic E-state index is 0.274. The summed E-state index contributed by atoms with van der Waals surface area (Å²) in [5.74, 6) is -0.374. The maximum Gasteiger partial charge on any atom is 0.345 e. The average Bonchev–Trinajstić information content (AvgIpc) is 2.30. The van der Waals surface area contributed by atoms with Gasteiger partial charge in [-0.05, 0) is 12.1 Å². The fourth-order valence-corrected chi connectivity index (χ4v) is 2.18. The van der Waals surface area contributed by atoms with Crippen LogP contribution in [0.25, 0.3) is 0 Å². The molecule has 4 heteroatoms. The minimum Gasteiger partial charge on any atom is -0.451 e. The van der Waals surface area contributed by atoms with Crippen molar-refractivity contribution in [2.45, 2.75) is 18.6 Å². The van der Waals surface area contributed by atoms with Gasteiger partial charge in [0, 0.05) is 25.9 Å². The number of nitrogens with one attached hydrogen (secondary N) is 1. The Kier molecular flexibility index (Phi) is 2.11. The number of esters is 1. The highest BCUT2D eigenvalue weighted by Gasteiger charge is 2.42. The van der Waals surface area contributed by atoms with Gasteiger partial charge < -0.3 is 14.8 Å². The smallest absolute Gasteiger partial charge is 0.345 e. The van der Waals surface area contributed by atoms with Gasteiger partial charge in [-0.15, -0.1) is 0 Å². The SMILES string of the molecule is O=C1OC2(CCNCC2)Oc2ccccc21. The minimum atomic E-state index is -0.739. The average molecular weight is 219 g/mol. The van der Waals surface area contributed by atoms with Crippen LogP contribution in [-0.4, -0.2) is 24.8 Å². The molecule has 0 bridgehead atoms. The maximum absolute atomic E-state index is 11.8. The predicted molar refractivity (Wildman–Crippen MR) is 57.3 cm³/mol. The molecule has 0 unspecified atom stereocenters. The fourth-order valence-electron chi connectivity index (χ4n) is 2.18. The Balaban J connectivity index is 1.96. The number of benzene rings is 1. The molecule has 2 heterocycles. The number of piperidine rings is 1. The standard InChI is InChI=1S/C12H13NO3/c14-11-9-3-1-2-4-10(9)15-12(16-11)5-7-13-8-6-12/h1-4,13H,5-8H2. The highest BCUT2D eigenvalue weighted by Crippen LogP contribution is 2.35. The summed E-state index contributed by atoms with van der Waals surface area (Å²) in [6.07, 6.45) is 1.40. The first kappa shape index (κ1) is 9.66. The van der Waals surface area contributed by atoms with Gasteiger partial charge in [0.2, 0.25) is 0 Å². The normalized spacial score (nSPS) is 22.1. The molecule has 1 saturated heterocycles. The summed E-state index contributed by atoms with van der Waals surface area (Å²) >= 11 is 0.